The number of aliphatic carboxylic acids is 1. The van der Waals surface area contributed by atoms with E-state index in [2.05, 4.69) is 31.2 Å². The van der Waals surface area contributed by atoms with Crippen molar-refractivity contribution in [2.24, 2.45) is 0 Å². The fraction of sp³-hybridized carbons (Fsp3) is 0.722. The minimum absolute atomic E-state index is 0.324. The molecule has 1 N–H and O–H groups in total. The van der Waals surface area contributed by atoms with Gasteiger partial charge in [-0.05, 0) is 38.5 Å². The summed E-state index contributed by atoms with van der Waals surface area (Å²) in [6.45, 7) is 2.23. The fourth-order valence-electron chi connectivity index (χ4n) is 2.09. The average Bonchev–Trinajstić information content (AvgIpc) is 2.43. The minimum atomic E-state index is -0.671. The summed E-state index contributed by atoms with van der Waals surface area (Å²) in [4.78, 5) is 10.3. The quantitative estimate of drug-likeness (QED) is 0.245. The first-order valence-electron chi connectivity index (χ1n) is 8.29. The molecule has 0 saturated heterocycles. The van der Waals surface area contributed by atoms with Crippen LogP contribution < -0.4 is 0 Å². The van der Waals surface area contributed by atoms with Gasteiger partial charge in [0, 0.05) is 6.42 Å². The lowest BCUT2D eigenvalue weighted by Gasteiger charge is -1.98. The van der Waals surface area contributed by atoms with Gasteiger partial charge in [0.1, 0.15) is 0 Å². The molecule has 0 atom stereocenters. The molecular weight excluding hydrogens is 249 g/mol. The van der Waals surface area contributed by atoms with Crippen LogP contribution in [0.2, 0.25) is 0 Å². The Balaban J connectivity index is 3.17. The van der Waals surface area contributed by atoms with Gasteiger partial charge in [0.15, 0.2) is 0 Å². The van der Waals surface area contributed by atoms with Crippen molar-refractivity contribution in [2.45, 2.75) is 84.0 Å². The van der Waals surface area contributed by atoms with E-state index in [-0.39, 0.29) is 0 Å². The van der Waals surface area contributed by atoms with Crippen molar-refractivity contribution in [3.63, 3.8) is 0 Å². The molecular formula is C18H32O2. The van der Waals surface area contributed by atoms with Crippen LogP contribution in [0.5, 0.6) is 0 Å². The summed E-state index contributed by atoms with van der Waals surface area (Å²) in [6.07, 6.45) is 22.3. The minimum Gasteiger partial charge on any atom is -0.481 e. The second-order valence-corrected chi connectivity index (χ2v) is 5.37. The van der Waals surface area contributed by atoms with Gasteiger partial charge in [-0.15, -0.1) is 0 Å². The normalized spacial score (nSPS) is 11.7. The number of rotatable bonds is 14. The molecule has 0 aromatic carbocycles. The van der Waals surface area contributed by atoms with Crippen molar-refractivity contribution < 1.29 is 9.90 Å². The van der Waals surface area contributed by atoms with Gasteiger partial charge in [0.25, 0.3) is 0 Å². The van der Waals surface area contributed by atoms with Crippen molar-refractivity contribution in [2.75, 3.05) is 0 Å². The molecule has 0 aliphatic carbocycles. The van der Waals surface area contributed by atoms with Gasteiger partial charge in [-0.25, -0.2) is 0 Å². The average molecular weight is 281 g/mol. The summed E-state index contributed by atoms with van der Waals surface area (Å²) >= 11 is 0. The van der Waals surface area contributed by atoms with E-state index in [1.54, 1.807) is 0 Å². The molecule has 116 valence electrons. The summed E-state index contributed by atoms with van der Waals surface area (Å²) in [5.41, 5.74) is 0. The van der Waals surface area contributed by atoms with Crippen LogP contribution in [0.4, 0.5) is 0 Å². The van der Waals surface area contributed by atoms with E-state index in [1.807, 2.05) is 0 Å². The number of hydrogen-bond acceptors (Lipinski definition) is 1. The Morgan fingerprint density at radius 3 is 1.95 bits per heavy atom. The molecule has 0 bridgehead atoms. The van der Waals surface area contributed by atoms with Gasteiger partial charge in [-0.1, -0.05) is 63.3 Å². The number of carboxylic acids is 1. The molecule has 0 spiro atoms. The van der Waals surface area contributed by atoms with Gasteiger partial charge in [-0.3, -0.25) is 4.79 Å². The Kier molecular flexibility index (Phi) is 15.2. The zero-order chi connectivity index (χ0) is 14.9. The van der Waals surface area contributed by atoms with E-state index in [9.17, 15) is 4.79 Å². The Morgan fingerprint density at radius 1 is 0.800 bits per heavy atom. The van der Waals surface area contributed by atoms with E-state index in [0.717, 1.165) is 25.7 Å². The Morgan fingerprint density at radius 2 is 1.35 bits per heavy atom. The molecule has 0 rings (SSSR count). The van der Waals surface area contributed by atoms with Crippen LogP contribution in [0.3, 0.4) is 0 Å². The van der Waals surface area contributed by atoms with Gasteiger partial charge < -0.3 is 5.11 Å². The number of unbranched alkanes of at least 4 members (excludes halogenated alkanes) is 8. The molecule has 0 aromatic heterocycles. The summed E-state index contributed by atoms with van der Waals surface area (Å²) in [7, 11) is 0. The van der Waals surface area contributed by atoms with Crippen LogP contribution in [-0.4, -0.2) is 11.1 Å². The number of carbonyl (C=O) groups is 1. The molecule has 0 unspecified atom stereocenters. The van der Waals surface area contributed by atoms with Crippen LogP contribution in [0.1, 0.15) is 84.0 Å². The molecule has 0 heterocycles. The van der Waals surface area contributed by atoms with E-state index < -0.39 is 5.97 Å². The highest BCUT2D eigenvalue weighted by Crippen LogP contribution is 2.08. The van der Waals surface area contributed by atoms with E-state index >= 15 is 0 Å². The van der Waals surface area contributed by atoms with Crippen LogP contribution in [0.15, 0.2) is 24.3 Å². The first kappa shape index (κ1) is 18.9. The standard InChI is InChI=1S/C18H32O2/c1-2-3-4-5-6-7-8-9-10-11-12-13-14-15-16-17-18(19)20/h6-7,9-10H,2-5,8,11-17H2,1H3,(H,19,20)/b7-6+,10-9-/i18+1. The highest BCUT2D eigenvalue weighted by Gasteiger charge is 1.95. The lowest BCUT2D eigenvalue weighted by Crippen LogP contribution is -1.93. The molecule has 0 saturated carbocycles. The number of carboxylic acid groups (broad SMARTS) is 1. The monoisotopic (exact) mass is 281 g/mol. The smallest absolute Gasteiger partial charge is 0.303 e. The molecule has 20 heavy (non-hydrogen) atoms. The van der Waals surface area contributed by atoms with E-state index in [4.69, 9.17) is 5.11 Å². The lowest BCUT2D eigenvalue weighted by molar-refractivity contribution is -0.137. The van der Waals surface area contributed by atoms with E-state index in [0.29, 0.717) is 6.42 Å². The molecule has 0 radical (unpaired) electrons. The largest absolute Gasteiger partial charge is 0.481 e. The molecule has 0 aromatic rings. The van der Waals surface area contributed by atoms with Gasteiger partial charge in [0.2, 0.25) is 0 Å². The predicted octanol–water partition coefficient (Wildman–Crippen LogP) is 5.88. The summed E-state index contributed by atoms with van der Waals surface area (Å²) in [5.74, 6) is -0.671. The summed E-state index contributed by atoms with van der Waals surface area (Å²) < 4.78 is 0. The molecule has 0 aliphatic rings. The molecule has 0 amide bonds. The topological polar surface area (TPSA) is 37.3 Å². The van der Waals surface area contributed by atoms with Crippen LogP contribution >= 0.6 is 0 Å². The second-order valence-electron chi connectivity index (χ2n) is 5.37. The highest BCUT2D eigenvalue weighted by atomic mass is 16.5. The first-order valence-corrected chi connectivity index (χ1v) is 8.29. The number of hydrogen-bond donors (Lipinski definition) is 1. The SMILES string of the molecule is CCCCC/C=C/C/C=C\CCCCCCC[13C](=O)O. The Hall–Kier alpha value is -1.05. The predicted molar refractivity (Wildman–Crippen MR) is 87.0 cm³/mol. The van der Waals surface area contributed by atoms with Crippen LogP contribution in [0, 0.1) is 0 Å². The maximum absolute atomic E-state index is 10.3. The second kappa shape index (κ2) is 16.0. The summed E-state index contributed by atoms with van der Waals surface area (Å²) in [6, 6.07) is 0. The van der Waals surface area contributed by atoms with Crippen molar-refractivity contribution in [3.05, 3.63) is 24.3 Å². The third kappa shape index (κ3) is 16.9. The first-order chi connectivity index (χ1) is 9.77. The van der Waals surface area contributed by atoms with Gasteiger partial charge in [-0.2, -0.15) is 0 Å². The summed E-state index contributed by atoms with van der Waals surface area (Å²) in [5, 5.41) is 8.50. The maximum atomic E-state index is 10.3. The van der Waals surface area contributed by atoms with Crippen molar-refractivity contribution in [3.8, 4) is 0 Å². The van der Waals surface area contributed by atoms with Crippen LogP contribution in [0.25, 0.3) is 0 Å². The third-order valence-electron chi connectivity index (χ3n) is 3.34. The van der Waals surface area contributed by atoms with E-state index in [1.165, 1.54) is 44.9 Å². The Bertz CT molecular complexity index is 267. The fourth-order valence-corrected chi connectivity index (χ4v) is 2.09. The van der Waals surface area contributed by atoms with Crippen molar-refractivity contribution >= 4 is 5.97 Å². The third-order valence-corrected chi connectivity index (χ3v) is 3.34. The lowest BCUT2D eigenvalue weighted by atomic mass is 10.1. The molecule has 0 fully saturated rings. The number of allylic oxidation sites excluding steroid dienone is 4. The maximum Gasteiger partial charge on any atom is 0.303 e. The molecule has 2 heteroatoms. The van der Waals surface area contributed by atoms with Gasteiger partial charge in [0.05, 0.1) is 0 Å². The van der Waals surface area contributed by atoms with Gasteiger partial charge >= 0.3 is 5.97 Å². The zero-order valence-corrected chi connectivity index (χ0v) is 13.2. The van der Waals surface area contributed by atoms with Crippen LogP contribution in [-0.2, 0) is 4.79 Å². The Labute approximate surface area is 125 Å². The highest BCUT2D eigenvalue weighted by molar-refractivity contribution is 5.66. The molecule has 0 aliphatic heterocycles. The molecule has 2 nitrogen and oxygen atoms in total. The zero-order valence-electron chi connectivity index (χ0n) is 13.2. The van der Waals surface area contributed by atoms with Crippen molar-refractivity contribution in [1.82, 2.24) is 0 Å². The van der Waals surface area contributed by atoms with Crippen molar-refractivity contribution in [1.29, 1.82) is 0 Å².